The number of ether oxygens (including phenoxy) is 4. The van der Waals surface area contributed by atoms with Crippen LogP contribution in [0.2, 0.25) is 0 Å². The molecule has 0 spiro atoms. The third-order valence-corrected chi connectivity index (χ3v) is 5.03. The Hall–Kier alpha value is -1.54. The Morgan fingerprint density at radius 1 is 0.567 bits per heavy atom. The van der Waals surface area contributed by atoms with Crippen molar-refractivity contribution < 1.29 is 18.9 Å². The van der Waals surface area contributed by atoms with Crippen molar-refractivity contribution in [1.29, 1.82) is 0 Å². The van der Waals surface area contributed by atoms with Gasteiger partial charge in [0.2, 0.25) is 0 Å². The van der Waals surface area contributed by atoms with E-state index in [1.54, 1.807) is 0 Å². The number of hydrogen-bond acceptors (Lipinski definition) is 6. The van der Waals surface area contributed by atoms with Crippen LogP contribution in [0.3, 0.4) is 0 Å². The summed E-state index contributed by atoms with van der Waals surface area (Å²) < 4.78 is 24.8. The van der Waals surface area contributed by atoms with Gasteiger partial charge in [0.05, 0.1) is 26.4 Å². The number of hydrogen-bond donors (Lipinski definition) is 0. The Bertz CT molecular complexity index is 751. The van der Waals surface area contributed by atoms with Crippen molar-refractivity contribution in [3.8, 4) is 34.4 Å². The van der Waals surface area contributed by atoms with Crippen LogP contribution in [-0.4, -0.2) is 36.4 Å². The van der Waals surface area contributed by atoms with E-state index in [1.807, 2.05) is 12.1 Å². The lowest BCUT2D eigenvalue weighted by Crippen LogP contribution is -2.06. The minimum atomic E-state index is 0.563. The van der Waals surface area contributed by atoms with Crippen molar-refractivity contribution in [3.05, 3.63) is 21.3 Å². The molecule has 0 unspecified atom stereocenters. The van der Waals surface area contributed by atoms with Crippen LogP contribution in [0.4, 0.5) is 0 Å². The Kier molecular flexibility index (Phi) is 10.7. The topological polar surface area (TPSA) is 62.7 Å². The summed E-state index contributed by atoms with van der Waals surface area (Å²) in [6.07, 6.45) is 3.56. The second-order valence-electron chi connectivity index (χ2n) is 6.64. The maximum absolute atomic E-state index is 6.01. The fraction of sp³-hybridized carbons (Fsp3) is 0.545. The molecule has 0 saturated carbocycles. The van der Waals surface area contributed by atoms with Crippen LogP contribution in [0.1, 0.15) is 53.4 Å². The highest BCUT2D eigenvalue weighted by Crippen LogP contribution is 2.42. The van der Waals surface area contributed by atoms with E-state index in [0.717, 1.165) is 25.7 Å². The summed E-state index contributed by atoms with van der Waals surface area (Å²) in [6.45, 7) is 10.6. The first kappa shape index (κ1) is 24.7. The van der Waals surface area contributed by atoms with Crippen LogP contribution in [0.25, 0.3) is 11.4 Å². The van der Waals surface area contributed by atoms with Crippen LogP contribution in [0, 0.1) is 0 Å². The number of nitrogens with zero attached hydrogens (tertiary/aromatic N) is 2. The first-order chi connectivity index (χ1) is 14.5. The molecule has 0 aliphatic carbocycles. The minimum Gasteiger partial charge on any atom is -0.491 e. The highest BCUT2D eigenvalue weighted by Gasteiger charge is 2.22. The maximum atomic E-state index is 6.01. The third-order valence-electron chi connectivity index (χ3n) is 3.89. The van der Waals surface area contributed by atoms with E-state index in [2.05, 4.69) is 59.6 Å². The van der Waals surface area contributed by atoms with Gasteiger partial charge in [-0.2, -0.15) is 0 Å². The molecule has 0 fully saturated rings. The van der Waals surface area contributed by atoms with Gasteiger partial charge in [0, 0.05) is 12.1 Å². The summed E-state index contributed by atoms with van der Waals surface area (Å²) in [5.74, 6) is 2.50. The molecule has 0 amide bonds. The van der Waals surface area contributed by atoms with E-state index >= 15 is 0 Å². The van der Waals surface area contributed by atoms with Crippen molar-refractivity contribution in [2.24, 2.45) is 0 Å². The molecule has 0 N–H and O–H groups in total. The van der Waals surface area contributed by atoms with Crippen LogP contribution >= 0.6 is 31.9 Å². The van der Waals surface area contributed by atoms with Gasteiger partial charge >= 0.3 is 0 Å². The van der Waals surface area contributed by atoms with Crippen molar-refractivity contribution in [3.63, 3.8) is 0 Å². The molecule has 8 heteroatoms. The largest absolute Gasteiger partial charge is 0.491 e. The molecule has 0 aromatic carbocycles. The molecule has 166 valence electrons. The predicted molar refractivity (Wildman–Crippen MR) is 126 cm³/mol. The van der Waals surface area contributed by atoms with E-state index in [0.29, 0.717) is 70.0 Å². The van der Waals surface area contributed by atoms with Crippen molar-refractivity contribution in [2.75, 3.05) is 26.4 Å². The van der Waals surface area contributed by atoms with E-state index in [4.69, 9.17) is 28.9 Å². The molecule has 0 radical (unpaired) electrons. The molecule has 6 nitrogen and oxygen atoms in total. The van der Waals surface area contributed by atoms with Gasteiger partial charge in [0.25, 0.3) is 0 Å². The normalized spacial score (nSPS) is 10.7. The molecular weight excluding hydrogens is 516 g/mol. The summed E-state index contributed by atoms with van der Waals surface area (Å²) in [5, 5.41) is 0. The first-order valence-corrected chi connectivity index (χ1v) is 12.1. The summed E-state index contributed by atoms with van der Waals surface area (Å²) >= 11 is 7.05. The summed E-state index contributed by atoms with van der Waals surface area (Å²) in [7, 11) is 0. The van der Waals surface area contributed by atoms with Crippen molar-refractivity contribution in [2.45, 2.75) is 53.4 Å². The molecule has 2 aromatic heterocycles. The quantitative estimate of drug-likeness (QED) is 0.257. The van der Waals surface area contributed by atoms with Crippen LogP contribution in [0.5, 0.6) is 23.0 Å². The van der Waals surface area contributed by atoms with Gasteiger partial charge in [-0.25, -0.2) is 9.97 Å². The lowest BCUT2D eigenvalue weighted by Gasteiger charge is -2.17. The molecule has 2 rings (SSSR count). The molecular formula is C22H30Br2N2O4. The lowest BCUT2D eigenvalue weighted by molar-refractivity contribution is 0.295. The zero-order valence-electron chi connectivity index (χ0n) is 18.1. The molecule has 0 atom stereocenters. The van der Waals surface area contributed by atoms with Gasteiger partial charge in [0.1, 0.15) is 20.6 Å². The van der Waals surface area contributed by atoms with Gasteiger partial charge in [-0.05, 0) is 57.5 Å². The van der Waals surface area contributed by atoms with Crippen molar-refractivity contribution >= 4 is 31.9 Å². The Morgan fingerprint density at radius 3 is 1.17 bits per heavy atom. The summed E-state index contributed by atoms with van der Waals surface area (Å²) in [6, 6.07) is 3.72. The number of pyridine rings is 2. The average Bonchev–Trinajstić information content (AvgIpc) is 2.75. The number of aromatic nitrogens is 2. The average molecular weight is 546 g/mol. The van der Waals surface area contributed by atoms with Crippen LogP contribution in [-0.2, 0) is 0 Å². The standard InChI is InChI=1S/C22H30Br2N2O4/c1-5-9-27-15-13-17(29-11-7-3)21(23)25-19(15)20-16(28-10-6-2)14-18(22(24)26-20)30-12-8-4/h13-14H,5-12H2,1-4H3. The van der Waals surface area contributed by atoms with E-state index < -0.39 is 0 Å². The zero-order chi connectivity index (χ0) is 21.9. The molecule has 2 aromatic rings. The Balaban J connectivity index is 2.57. The second kappa shape index (κ2) is 13.0. The number of halogens is 2. The lowest BCUT2D eigenvalue weighted by atomic mass is 10.2. The molecule has 30 heavy (non-hydrogen) atoms. The highest BCUT2D eigenvalue weighted by molar-refractivity contribution is 9.10. The van der Waals surface area contributed by atoms with Gasteiger partial charge in [-0.15, -0.1) is 0 Å². The number of rotatable bonds is 13. The Labute approximate surface area is 195 Å². The smallest absolute Gasteiger partial charge is 0.155 e. The molecule has 0 aliphatic rings. The van der Waals surface area contributed by atoms with Gasteiger partial charge in [0.15, 0.2) is 23.0 Å². The van der Waals surface area contributed by atoms with E-state index in [-0.39, 0.29) is 0 Å². The molecule has 2 heterocycles. The summed E-state index contributed by atoms with van der Waals surface area (Å²) in [4.78, 5) is 9.43. The van der Waals surface area contributed by atoms with E-state index in [9.17, 15) is 0 Å². The monoisotopic (exact) mass is 544 g/mol. The third kappa shape index (κ3) is 6.74. The zero-order valence-corrected chi connectivity index (χ0v) is 21.3. The Morgan fingerprint density at radius 2 is 0.867 bits per heavy atom. The maximum Gasteiger partial charge on any atom is 0.155 e. The fourth-order valence-electron chi connectivity index (χ4n) is 2.52. The highest BCUT2D eigenvalue weighted by atomic mass is 79.9. The van der Waals surface area contributed by atoms with E-state index in [1.165, 1.54) is 0 Å². The SMILES string of the molecule is CCCOc1cc(OCCC)c(-c2nc(Br)c(OCCC)cc2OCCC)nc1Br. The van der Waals surface area contributed by atoms with Crippen LogP contribution in [0.15, 0.2) is 21.3 Å². The van der Waals surface area contributed by atoms with Crippen LogP contribution < -0.4 is 18.9 Å². The summed E-state index contributed by atoms with van der Waals surface area (Å²) in [5.41, 5.74) is 1.18. The minimum absolute atomic E-state index is 0.563. The van der Waals surface area contributed by atoms with Gasteiger partial charge < -0.3 is 18.9 Å². The first-order valence-electron chi connectivity index (χ1n) is 10.5. The molecule has 0 bridgehead atoms. The predicted octanol–water partition coefficient (Wildman–Crippen LogP) is 6.82. The fourth-order valence-corrected chi connectivity index (χ4v) is 3.33. The molecule has 0 saturated heterocycles. The van der Waals surface area contributed by atoms with Gasteiger partial charge in [-0.3, -0.25) is 0 Å². The second-order valence-corrected chi connectivity index (χ2v) is 8.14. The van der Waals surface area contributed by atoms with Crippen molar-refractivity contribution in [1.82, 2.24) is 9.97 Å². The van der Waals surface area contributed by atoms with Gasteiger partial charge in [-0.1, -0.05) is 27.7 Å². The molecule has 0 aliphatic heterocycles.